The minimum Gasteiger partial charge on any atom is -0.309 e. The van der Waals surface area contributed by atoms with E-state index in [0.29, 0.717) is 0 Å². The molecule has 1 aliphatic heterocycles. The second-order valence-electron chi connectivity index (χ2n) is 4.05. The lowest BCUT2D eigenvalue weighted by molar-refractivity contribution is 0.272. The number of hydrogen-bond donors (Lipinski definition) is 0. The summed E-state index contributed by atoms with van der Waals surface area (Å²) in [6, 6.07) is 2.22. The van der Waals surface area contributed by atoms with Gasteiger partial charge in [0.1, 0.15) is 0 Å². The zero-order chi connectivity index (χ0) is 10.4. The second-order valence-corrected chi connectivity index (χ2v) is 4.05. The molecule has 0 amide bonds. The molecule has 1 aliphatic rings. The fourth-order valence-electron chi connectivity index (χ4n) is 1.63. The molecule has 0 saturated heterocycles. The summed E-state index contributed by atoms with van der Waals surface area (Å²) in [5.74, 6) is 0. The molecule has 1 rings (SSSR count). The molecule has 0 aromatic heterocycles. The highest BCUT2D eigenvalue weighted by molar-refractivity contribution is 5.22. The Morgan fingerprint density at radius 1 is 1.57 bits per heavy atom. The Bertz CT molecular complexity index is 237. The Balaban J connectivity index is 2.17. The van der Waals surface area contributed by atoms with E-state index in [-0.39, 0.29) is 0 Å². The zero-order valence-electron chi connectivity index (χ0n) is 9.16. The molecule has 14 heavy (non-hydrogen) atoms. The van der Waals surface area contributed by atoms with Crippen molar-refractivity contribution in [2.75, 3.05) is 40.3 Å². The van der Waals surface area contributed by atoms with Crippen molar-refractivity contribution in [3.63, 3.8) is 0 Å². The topological polar surface area (TPSA) is 30.3 Å². The van der Waals surface area contributed by atoms with Crippen LogP contribution in [0.25, 0.3) is 0 Å². The van der Waals surface area contributed by atoms with Gasteiger partial charge in [-0.15, -0.1) is 0 Å². The van der Waals surface area contributed by atoms with Crippen LogP contribution in [0.4, 0.5) is 0 Å². The van der Waals surface area contributed by atoms with E-state index in [0.717, 1.165) is 38.2 Å². The first-order valence-corrected chi connectivity index (χ1v) is 5.18. The molecule has 0 aromatic rings. The maximum atomic E-state index is 8.68. The van der Waals surface area contributed by atoms with Gasteiger partial charge in [0.25, 0.3) is 0 Å². The van der Waals surface area contributed by atoms with Gasteiger partial charge in [-0.1, -0.05) is 6.08 Å². The Morgan fingerprint density at radius 2 is 2.36 bits per heavy atom. The van der Waals surface area contributed by atoms with E-state index in [2.05, 4.69) is 36.0 Å². The van der Waals surface area contributed by atoms with E-state index in [1.807, 2.05) is 0 Å². The van der Waals surface area contributed by atoms with Gasteiger partial charge in [-0.2, -0.15) is 5.26 Å². The molecule has 3 nitrogen and oxygen atoms in total. The Morgan fingerprint density at radius 3 is 2.86 bits per heavy atom. The molecular weight excluding hydrogens is 174 g/mol. The van der Waals surface area contributed by atoms with Crippen molar-refractivity contribution in [3.05, 3.63) is 11.6 Å². The van der Waals surface area contributed by atoms with Gasteiger partial charge < -0.3 is 4.90 Å². The summed E-state index contributed by atoms with van der Waals surface area (Å²) in [4.78, 5) is 4.62. The maximum absolute atomic E-state index is 8.68. The molecule has 0 unspecified atom stereocenters. The van der Waals surface area contributed by atoms with Gasteiger partial charge in [0.05, 0.1) is 6.07 Å². The van der Waals surface area contributed by atoms with E-state index in [1.165, 1.54) is 6.42 Å². The molecule has 0 atom stereocenters. The van der Waals surface area contributed by atoms with Gasteiger partial charge in [-0.3, -0.25) is 4.90 Å². The highest BCUT2D eigenvalue weighted by atomic mass is 15.1. The molecule has 0 aliphatic carbocycles. The molecule has 3 heteroatoms. The van der Waals surface area contributed by atoms with Gasteiger partial charge in [0.2, 0.25) is 0 Å². The summed E-state index contributed by atoms with van der Waals surface area (Å²) in [7, 11) is 4.20. The minimum absolute atomic E-state index is 0.929. The lowest BCUT2D eigenvalue weighted by Crippen LogP contribution is -2.31. The molecular formula is C11H19N3. The van der Waals surface area contributed by atoms with Crippen LogP contribution in [0.5, 0.6) is 0 Å². The summed E-state index contributed by atoms with van der Waals surface area (Å²) in [5.41, 5.74) is 0.953. The highest BCUT2D eigenvalue weighted by Crippen LogP contribution is 2.09. The third kappa shape index (κ3) is 3.91. The van der Waals surface area contributed by atoms with Crippen LogP contribution in [0.1, 0.15) is 12.8 Å². The summed E-state index contributed by atoms with van der Waals surface area (Å²) < 4.78 is 0. The van der Waals surface area contributed by atoms with Gasteiger partial charge in [-0.05, 0) is 40.0 Å². The average Bonchev–Trinajstić information content (AvgIpc) is 2.18. The normalized spacial score (nSPS) is 18.0. The summed E-state index contributed by atoms with van der Waals surface area (Å²) >= 11 is 0. The molecule has 0 spiro atoms. The zero-order valence-corrected chi connectivity index (χ0v) is 9.16. The van der Waals surface area contributed by atoms with E-state index in [9.17, 15) is 0 Å². The van der Waals surface area contributed by atoms with Gasteiger partial charge in [0.15, 0.2) is 0 Å². The van der Waals surface area contributed by atoms with Crippen LogP contribution < -0.4 is 0 Å². The predicted molar refractivity (Wildman–Crippen MR) is 57.9 cm³/mol. The Labute approximate surface area is 86.6 Å². The van der Waals surface area contributed by atoms with Crippen molar-refractivity contribution in [1.29, 1.82) is 5.26 Å². The number of nitrogens with zero attached hydrogens (tertiary/aromatic N) is 3. The fraction of sp³-hybridized carbons (Fsp3) is 0.727. The van der Waals surface area contributed by atoms with Gasteiger partial charge in [-0.25, -0.2) is 0 Å². The van der Waals surface area contributed by atoms with E-state index < -0.39 is 0 Å². The molecule has 0 N–H and O–H groups in total. The first-order chi connectivity index (χ1) is 6.72. The molecule has 0 bridgehead atoms. The maximum Gasteiger partial charge on any atom is 0.0944 e. The van der Waals surface area contributed by atoms with E-state index in [1.54, 1.807) is 0 Å². The molecule has 0 saturated carbocycles. The average molecular weight is 193 g/mol. The Hall–Kier alpha value is -0.850. The van der Waals surface area contributed by atoms with Crippen LogP contribution in [0.2, 0.25) is 0 Å². The SMILES string of the molecule is CN(C)CCCN1CC=C(C#N)CC1. The predicted octanol–water partition coefficient (Wildman–Crippen LogP) is 1.09. The summed E-state index contributed by atoms with van der Waals surface area (Å²) in [5, 5.41) is 8.68. The van der Waals surface area contributed by atoms with Crippen molar-refractivity contribution in [1.82, 2.24) is 9.80 Å². The Kier molecular flexibility index (Phi) is 4.64. The van der Waals surface area contributed by atoms with Crippen LogP contribution in [-0.4, -0.2) is 50.1 Å². The summed E-state index contributed by atoms with van der Waals surface area (Å²) in [6.07, 6.45) is 4.19. The van der Waals surface area contributed by atoms with Crippen LogP contribution in [0.3, 0.4) is 0 Å². The monoisotopic (exact) mass is 193 g/mol. The fourth-order valence-corrected chi connectivity index (χ4v) is 1.63. The van der Waals surface area contributed by atoms with Crippen molar-refractivity contribution in [2.24, 2.45) is 0 Å². The standard InChI is InChI=1S/C11H19N3/c1-13(2)6-3-7-14-8-4-11(10-12)5-9-14/h4H,3,5-9H2,1-2H3. The van der Waals surface area contributed by atoms with Crippen molar-refractivity contribution in [3.8, 4) is 6.07 Å². The summed E-state index contributed by atoms with van der Waals surface area (Å²) in [6.45, 7) is 4.29. The van der Waals surface area contributed by atoms with E-state index in [4.69, 9.17) is 5.26 Å². The minimum atomic E-state index is 0.929. The molecule has 0 aromatic carbocycles. The second kappa shape index (κ2) is 5.79. The molecule has 1 heterocycles. The smallest absolute Gasteiger partial charge is 0.0944 e. The molecule has 0 radical (unpaired) electrons. The van der Waals surface area contributed by atoms with E-state index >= 15 is 0 Å². The first-order valence-electron chi connectivity index (χ1n) is 5.18. The van der Waals surface area contributed by atoms with Gasteiger partial charge in [0, 0.05) is 18.7 Å². The van der Waals surface area contributed by atoms with Crippen molar-refractivity contribution < 1.29 is 0 Å². The van der Waals surface area contributed by atoms with Crippen LogP contribution in [-0.2, 0) is 0 Å². The van der Waals surface area contributed by atoms with Crippen molar-refractivity contribution in [2.45, 2.75) is 12.8 Å². The third-order valence-corrected chi connectivity index (χ3v) is 2.52. The van der Waals surface area contributed by atoms with Crippen LogP contribution in [0, 0.1) is 11.3 Å². The number of nitriles is 1. The number of hydrogen-bond acceptors (Lipinski definition) is 3. The van der Waals surface area contributed by atoms with Crippen molar-refractivity contribution >= 4 is 0 Å². The lowest BCUT2D eigenvalue weighted by Gasteiger charge is -2.24. The third-order valence-electron chi connectivity index (χ3n) is 2.52. The highest BCUT2D eigenvalue weighted by Gasteiger charge is 2.10. The first kappa shape index (κ1) is 11.2. The lowest BCUT2D eigenvalue weighted by atomic mass is 10.1. The quantitative estimate of drug-likeness (QED) is 0.669. The number of rotatable bonds is 4. The van der Waals surface area contributed by atoms with Gasteiger partial charge >= 0.3 is 0 Å². The van der Waals surface area contributed by atoms with Crippen LogP contribution in [0.15, 0.2) is 11.6 Å². The van der Waals surface area contributed by atoms with Crippen LogP contribution >= 0.6 is 0 Å². The molecule has 78 valence electrons. The molecule has 0 fully saturated rings. The largest absolute Gasteiger partial charge is 0.309 e.